The van der Waals surface area contributed by atoms with E-state index in [0.29, 0.717) is 58.2 Å². The minimum atomic E-state index is -2.54. The van der Waals surface area contributed by atoms with Crippen LogP contribution in [-0.2, 0) is 15.9 Å². The summed E-state index contributed by atoms with van der Waals surface area (Å²) < 4.78 is 18.6. The number of rotatable bonds is 11. The zero-order chi connectivity index (χ0) is 35.4. The molecule has 2 aliphatic heterocycles. The van der Waals surface area contributed by atoms with E-state index in [1.54, 1.807) is 25.3 Å². The molecule has 14 heteroatoms. The number of halogens is 1. The van der Waals surface area contributed by atoms with E-state index in [4.69, 9.17) is 16.3 Å². The predicted molar refractivity (Wildman–Crippen MR) is 201 cm³/mol. The van der Waals surface area contributed by atoms with Crippen LogP contribution in [0.25, 0.3) is 0 Å². The molecule has 2 fully saturated rings. The zero-order valence-electron chi connectivity index (χ0n) is 28.6. The molecule has 2 saturated heterocycles. The van der Waals surface area contributed by atoms with Crippen LogP contribution in [-0.4, -0.2) is 80.0 Å². The number of nitrogens with one attached hydrogen (secondary N) is 3. The van der Waals surface area contributed by atoms with Gasteiger partial charge in [-0.25, -0.2) is 9.78 Å². The summed E-state index contributed by atoms with van der Waals surface area (Å²) in [5.41, 5.74) is 4.38. The van der Waals surface area contributed by atoms with Gasteiger partial charge in [0.15, 0.2) is 5.82 Å². The predicted octanol–water partition coefficient (Wildman–Crippen LogP) is 6.42. The van der Waals surface area contributed by atoms with Crippen LogP contribution in [0.4, 0.5) is 39.3 Å². The number of carbonyl (C=O) groups excluding carboxylic acids is 2. The molecule has 6 rings (SSSR count). The molecular weight excluding hydrogens is 675 g/mol. The highest BCUT2D eigenvalue weighted by Gasteiger charge is 2.26. The number of imide groups is 1. The maximum atomic E-state index is 12.9. The van der Waals surface area contributed by atoms with E-state index < -0.39 is 7.14 Å². The molecule has 3 amide bonds. The molecule has 0 spiro atoms. The fourth-order valence-corrected chi connectivity index (χ4v) is 7.70. The second-order valence-electron chi connectivity index (χ2n) is 13.0. The quantitative estimate of drug-likeness (QED) is 0.150. The molecule has 3 aromatic carbocycles. The fourth-order valence-electron chi connectivity index (χ4n) is 6.41. The van der Waals surface area contributed by atoms with Crippen LogP contribution in [0.2, 0.25) is 5.02 Å². The van der Waals surface area contributed by atoms with Crippen molar-refractivity contribution in [1.29, 1.82) is 0 Å². The average molecular weight is 717 g/mol. The first-order chi connectivity index (χ1) is 24.0. The number of nitrogens with zero attached hydrogens (tertiary/aromatic N) is 5. The number of aromatic nitrogens is 2. The van der Waals surface area contributed by atoms with E-state index in [9.17, 15) is 14.2 Å². The van der Waals surface area contributed by atoms with E-state index in [1.165, 1.54) is 6.20 Å². The Morgan fingerprint density at radius 2 is 1.76 bits per heavy atom. The Hall–Kier alpha value is -4.64. The SMILES string of the molecule is COc1cc(N2CCC(N(C)Cc3cccc(N4CCC(=O)NC4=O)c3)CC2)ccc1Nc1ncc(Cl)c(Nc2ccccc2P(C)(C)=O)n1. The summed E-state index contributed by atoms with van der Waals surface area (Å²) in [6.07, 6.45) is 3.82. The molecule has 0 saturated carbocycles. The van der Waals surface area contributed by atoms with Gasteiger partial charge in [-0.3, -0.25) is 19.9 Å². The molecule has 0 atom stereocenters. The minimum Gasteiger partial charge on any atom is -0.494 e. The Bertz CT molecular complexity index is 1930. The summed E-state index contributed by atoms with van der Waals surface area (Å²) in [6.45, 7) is 6.39. The van der Waals surface area contributed by atoms with Gasteiger partial charge in [-0.1, -0.05) is 35.9 Å². The molecule has 0 bridgehead atoms. The average Bonchev–Trinajstić information content (AvgIpc) is 3.10. The summed E-state index contributed by atoms with van der Waals surface area (Å²) in [5.74, 6) is 1.15. The maximum absolute atomic E-state index is 12.9. The number of benzene rings is 3. The van der Waals surface area contributed by atoms with Crippen molar-refractivity contribution in [2.75, 3.05) is 67.6 Å². The van der Waals surface area contributed by atoms with Crippen molar-refractivity contribution in [2.45, 2.75) is 31.8 Å². The van der Waals surface area contributed by atoms with Crippen molar-refractivity contribution in [3.8, 4) is 5.75 Å². The number of ether oxygens (including phenoxy) is 1. The largest absolute Gasteiger partial charge is 0.494 e. The summed E-state index contributed by atoms with van der Waals surface area (Å²) in [5, 5.41) is 9.94. The molecule has 262 valence electrons. The van der Waals surface area contributed by atoms with Crippen molar-refractivity contribution in [1.82, 2.24) is 20.2 Å². The number of amides is 3. The number of hydrogen-bond donors (Lipinski definition) is 3. The lowest BCUT2D eigenvalue weighted by atomic mass is 10.0. The monoisotopic (exact) mass is 716 g/mol. The third-order valence-corrected chi connectivity index (χ3v) is 10.9. The summed E-state index contributed by atoms with van der Waals surface area (Å²) in [4.78, 5) is 39.2. The molecule has 0 radical (unpaired) electrons. The molecule has 3 N–H and O–H groups in total. The lowest BCUT2D eigenvalue weighted by molar-refractivity contribution is -0.120. The lowest BCUT2D eigenvalue weighted by Gasteiger charge is -2.38. The second-order valence-corrected chi connectivity index (χ2v) is 16.5. The van der Waals surface area contributed by atoms with Gasteiger partial charge in [0, 0.05) is 61.4 Å². The standard InChI is InChI=1S/C36H42ClN8O4P/c1-43(23-24-8-7-9-27(20-24)45-19-16-33(46)41-36(45)47)25-14-17-44(18-15-25)26-12-13-29(31(21-26)49-2)40-35-38-22-28(37)34(42-35)39-30-10-5-6-11-32(30)50(3,4)48/h5-13,20-22,25H,14-19,23H2,1-4H3,(H,41,46,47)(H2,38,39,40,42). The van der Waals surface area contributed by atoms with Crippen molar-refractivity contribution in [3.05, 3.63) is 83.5 Å². The molecule has 4 aromatic rings. The van der Waals surface area contributed by atoms with Crippen LogP contribution in [0.1, 0.15) is 24.8 Å². The minimum absolute atomic E-state index is 0.236. The molecule has 0 aliphatic carbocycles. The first-order valence-corrected chi connectivity index (χ1v) is 19.5. The van der Waals surface area contributed by atoms with Crippen LogP contribution >= 0.6 is 18.7 Å². The Labute approximate surface area is 297 Å². The highest BCUT2D eigenvalue weighted by atomic mass is 35.5. The van der Waals surface area contributed by atoms with E-state index >= 15 is 0 Å². The van der Waals surface area contributed by atoms with Gasteiger partial charge in [0.25, 0.3) is 0 Å². The molecular formula is C36H42ClN8O4P. The maximum Gasteiger partial charge on any atom is 0.328 e. The van der Waals surface area contributed by atoms with Crippen molar-refractivity contribution >= 4 is 70.5 Å². The number of piperidine rings is 1. The van der Waals surface area contributed by atoms with Crippen LogP contribution in [0.3, 0.4) is 0 Å². The summed E-state index contributed by atoms with van der Waals surface area (Å²) in [6, 6.07) is 21.5. The third-order valence-electron chi connectivity index (χ3n) is 9.07. The highest BCUT2D eigenvalue weighted by Crippen LogP contribution is 2.39. The summed E-state index contributed by atoms with van der Waals surface area (Å²) >= 11 is 6.45. The number of methoxy groups -OCH3 is 1. The summed E-state index contributed by atoms with van der Waals surface area (Å²) in [7, 11) is 1.24. The topological polar surface area (TPSA) is 132 Å². The molecule has 0 unspecified atom stereocenters. The smallest absolute Gasteiger partial charge is 0.328 e. The Morgan fingerprint density at radius 3 is 2.50 bits per heavy atom. The Balaban J connectivity index is 1.07. The van der Waals surface area contributed by atoms with Gasteiger partial charge in [-0.2, -0.15) is 4.98 Å². The number of carbonyl (C=O) groups is 2. The number of para-hydroxylation sites is 1. The molecule has 3 heterocycles. The van der Waals surface area contributed by atoms with Gasteiger partial charge >= 0.3 is 6.03 Å². The Morgan fingerprint density at radius 1 is 0.980 bits per heavy atom. The first-order valence-electron chi connectivity index (χ1n) is 16.5. The normalized spacial score (nSPS) is 15.6. The van der Waals surface area contributed by atoms with Gasteiger partial charge in [0.1, 0.15) is 17.9 Å². The van der Waals surface area contributed by atoms with Gasteiger partial charge in [-0.05, 0) is 75.2 Å². The van der Waals surface area contributed by atoms with Gasteiger partial charge < -0.3 is 24.8 Å². The lowest BCUT2D eigenvalue weighted by Crippen LogP contribution is -2.49. The fraction of sp³-hybridized carbons (Fsp3) is 0.333. The van der Waals surface area contributed by atoms with Crippen molar-refractivity contribution in [3.63, 3.8) is 0 Å². The van der Waals surface area contributed by atoms with E-state index in [2.05, 4.69) is 54.9 Å². The van der Waals surface area contributed by atoms with Crippen molar-refractivity contribution in [2.24, 2.45) is 0 Å². The molecule has 2 aliphatic rings. The third kappa shape index (κ3) is 8.21. The zero-order valence-corrected chi connectivity index (χ0v) is 30.3. The molecule has 50 heavy (non-hydrogen) atoms. The van der Waals surface area contributed by atoms with Gasteiger partial charge in [-0.15, -0.1) is 0 Å². The van der Waals surface area contributed by atoms with Crippen LogP contribution < -0.4 is 35.8 Å². The molecule has 1 aromatic heterocycles. The Kier molecular flexibility index (Phi) is 10.6. The van der Waals surface area contributed by atoms with Gasteiger partial charge in [0.2, 0.25) is 11.9 Å². The van der Waals surface area contributed by atoms with Gasteiger partial charge in [0.05, 0.1) is 24.7 Å². The highest BCUT2D eigenvalue weighted by molar-refractivity contribution is 7.70. The number of hydrogen-bond acceptors (Lipinski definition) is 10. The first kappa shape index (κ1) is 35.2. The van der Waals surface area contributed by atoms with Crippen LogP contribution in [0.5, 0.6) is 5.75 Å². The van der Waals surface area contributed by atoms with Crippen molar-refractivity contribution < 1.29 is 18.9 Å². The van der Waals surface area contributed by atoms with Crippen LogP contribution in [0, 0.1) is 0 Å². The number of urea groups is 1. The second kappa shape index (κ2) is 15.1. The van der Waals surface area contributed by atoms with E-state index in [0.717, 1.165) is 49.4 Å². The van der Waals surface area contributed by atoms with Crippen LogP contribution in [0.15, 0.2) is 72.9 Å². The van der Waals surface area contributed by atoms with E-state index in [-0.39, 0.29) is 11.9 Å². The molecule has 12 nitrogen and oxygen atoms in total. The number of anilines is 6. The van der Waals surface area contributed by atoms with E-state index in [1.807, 2.05) is 54.6 Å².